The summed E-state index contributed by atoms with van der Waals surface area (Å²) in [5.74, 6) is 1.58. The Morgan fingerprint density at radius 2 is 2.15 bits per heavy atom. The molecule has 4 nitrogen and oxygen atoms in total. The molecule has 1 atom stereocenters. The summed E-state index contributed by atoms with van der Waals surface area (Å²) in [4.78, 5) is 14.2. The molecule has 1 aliphatic heterocycles. The van der Waals surface area contributed by atoms with Gasteiger partial charge in [-0.25, -0.2) is 0 Å². The lowest BCUT2D eigenvalue weighted by molar-refractivity contribution is -0.117. The van der Waals surface area contributed by atoms with Crippen molar-refractivity contribution in [3.8, 4) is 5.75 Å². The summed E-state index contributed by atoms with van der Waals surface area (Å²) in [5.41, 5.74) is 0.823. The van der Waals surface area contributed by atoms with Gasteiger partial charge in [-0.05, 0) is 56.5 Å². The van der Waals surface area contributed by atoms with Crippen molar-refractivity contribution in [2.75, 3.05) is 31.6 Å². The van der Waals surface area contributed by atoms with Crippen molar-refractivity contribution in [2.24, 2.45) is 5.92 Å². The Morgan fingerprint density at radius 3 is 2.80 bits per heavy atom. The van der Waals surface area contributed by atoms with Crippen LogP contribution in [0.4, 0.5) is 5.69 Å². The molecule has 1 aromatic carbocycles. The molecular formula is C16H24N2O2. The van der Waals surface area contributed by atoms with E-state index in [9.17, 15) is 4.79 Å². The number of nitrogens with one attached hydrogen (secondary N) is 1. The summed E-state index contributed by atoms with van der Waals surface area (Å²) in [6.07, 6.45) is 2.47. The van der Waals surface area contributed by atoms with Gasteiger partial charge in [-0.2, -0.15) is 0 Å². The number of carbonyl (C=O) groups excluding carboxylic acids is 1. The monoisotopic (exact) mass is 276 g/mol. The molecule has 0 aromatic heterocycles. The molecule has 4 heteroatoms. The molecule has 20 heavy (non-hydrogen) atoms. The van der Waals surface area contributed by atoms with E-state index in [2.05, 4.69) is 17.1 Å². The third kappa shape index (κ3) is 4.53. The van der Waals surface area contributed by atoms with E-state index < -0.39 is 0 Å². The topological polar surface area (TPSA) is 41.6 Å². The molecular weight excluding hydrogens is 252 g/mol. The highest BCUT2D eigenvalue weighted by atomic mass is 16.5. The van der Waals surface area contributed by atoms with Crippen molar-refractivity contribution in [1.29, 1.82) is 0 Å². The van der Waals surface area contributed by atoms with Crippen LogP contribution in [0.2, 0.25) is 0 Å². The maximum atomic E-state index is 12.0. The number of likely N-dealkylation sites (tertiary alicyclic amines) is 1. The van der Waals surface area contributed by atoms with Crippen molar-refractivity contribution < 1.29 is 9.53 Å². The van der Waals surface area contributed by atoms with Gasteiger partial charge >= 0.3 is 0 Å². The summed E-state index contributed by atoms with van der Waals surface area (Å²) in [6, 6.07) is 7.51. The number of hydrogen-bond acceptors (Lipinski definition) is 3. The molecule has 2 rings (SSSR count). The van der Waals surface area contributed by atoms with Crippen LogP contribution in [0.1, 0.15) is 26.7 Å². The molecule has 1 aromatic rings. The molecule has 0 radical (unpaired) electrons. The van der Waals surface area contributed by atoms with Gasteiger partial charge in [0.15, 0.2) is 0 Å². The largest absolute Gasteiger partial charge is 0.494 e. The summed E-state index contributed by atoms with van der Waals surface area (Å²) < 4.78 is 5.38. The minimum Gasteiger partial charge on any atom is -0.494 e. The Hall–Kier alpha value is -1.55. The zero-order chi connectivity index (χ0) is 14.4. The number of rotatable bonds is 5. The van der Waals surface area contributed by atoms with Gasteiger partial charge in [-0.15, -0.1) is 0 Å². The molecule has 1 aliphatic rings. The predicted molar refractivity (Wildman–Crippen MR) is 81.1 cm³/mol. The summed E-state index contributed by atoms with van der Waals surface area (Å²) in [7, 11) is 0. The van der Waals surface area contributed by atoms with E-state index >= 15 is 0 Å². The van der Waals surface area contributed by atoms with Crippen molar-refractivity contribution in [3.05, 3.63) is 24.3 Å². The first-order valence-electron chi connectivity index (χ1n) is 7.42. The van der Waals surface area contributed by atoms with Crippen molar-refractivity contribution in [2.45, 2.75) is 26.7 Å². The quantitative estimate of drug-likeness (QED) is 0.899. The van der Waals surface area contributed by atoms with Gasteiger partial charge in [-0.3, -0.25) is 9.69 Å². The Balaban J connectivity index is 1.81. The van der Waals surface area contributed by atoms with E-state index in [0.717, 1.165) is 24.5 Å². The minimum absolute atomic E-state index is 0.0586. The summed E-state index contributed by atoms with van der Waals surface area (Å²) >= 11 is 0. The number of ether oxygens (including phenoxy) is 1. The van der Waals surface area contributed by atoms with Crippen molar-refractivity contribution in [3.63, 3.8) is 0 Å². The van der Waals surface area contributed by atoms with Crippen molar-refractivity contribution in [1.82, 2.24) is 4.90 Å². The van der Waals surface area contributed by atoms with Crippen LogP contribution in [0, 0.1) is 5.92 Å². The number of anilines is 1. The lowest BCUT2D eigenvalue weighted by Gasteiger charge is -2.30. The maximum Gasteiger partial charge on any atom is 0.238 e. The van der Waals surface area contributed by atoms with Gasteiger partial charge in [0, 0.05) is 12.2 Å². The SMILES string of the molecule is CCOc1ccc(NC(=O)CN2CCC[C@@H](C)C2)cc1. The minimum atomic E-state index is 0.0586. The average molecular weight is 276 g/mol. The van der Waals surface area contributed by atoms with Crippen LogP contribution in [0.25, 0.3) is 0 Å². The number of piperidine rings is 1. The second kappa shape index (κ2) is 7.29. The Labute approximate surface area is 121 Å². The molecule has 1 heterocycles. The van der Waals surface area contributed by atoms with Gasteiger partial charge < -0.3 is 10.1 Å². The number of nitrogens with zero attached hydrogens (tertiary/aromatic N) is 1. The van der Waals surface area contributed by atoms with Crippen molar-refractivity contribution >= 4 is 11.6 Å². The van der Waals surface area contributed by atoms with E-state index in [0.29, 0.717) is 19.1 Å². The molecule has 0 bridgehead atoms. The van der Waals surface area contributed by atoms with Crippen LogP contribution in [0.3, 0.4) is 0 Å². The van der Waals surface area contributed by atoms with Gasteiger partial charge in [0.25, 0.3) is 0 Å². The number of benzene rings is 1. The highest BCUT2D eigenvalue weighted by Gasteiger charge is 2.18. The zero-order valence-corrected chi connectivity index (χ0v) is 12.4. The fourth-order valence-corrected chi connectivity index (χ4v) is 2.64. The fourth-order valence-electron chi connectivity index (χ4n) is 2.64. The smallest absolute Gasteiger partial charge is 0.238 e. The van der Waals surface area contributed by atoms with Crippen LogP contribution in [-0.2, 0) is 4.79 Å². The summed E-state index contributed by atoms with van der Waals surface area (Å²) in [5, 5.41) is 2.94. The fraction of sp³-hybridized carbons (Fsp3) is 0.562. The summed E-state index contributed by atoms with van der Waals surface area (Å²) in [6.45, 7) is 7.39. The second-order valence-electron chi connectivity index (χ2n) is 5.49. The molecule has 1 N–H and O–H groups in total. The molecule has 1 saturated heterocycles. The van der Waals surface area contributed by atoms with E-state index in [1.807, 2.05) is 31.2 Å². The van der Waals surface area contributed by atoms with Crippen LogP contribution < -0.4 is 10.1 Å². The van der Waals surface area contributed by atoms with Gasteiger partial charge in [0.1, 0.15) is 5.75 Å². The third-order valence-corrected chi connectivity index (χ3v) is 3.56. The third-order valence-electron chi connectivity index (χ3n) is 3.56. The van der Waals surface area contributed by atoms with Gasteiger partial charge in [-0.1, -0.05) is 6.92 Å². The molecule has 1 amide bonds. The molecule has 1 fully saturated rings. The highest BCUT2D eigenvalue weighted by molar-refractivity contribution is 5.92. The van der Waals surface area contributed by atoms with E-state index in [1.165, 1.54) is 12.8 Å². The van der Waals surface area contributed by atoms with Crippen LogP contribution in [0.5, 0.6) is 5.75 Å². The van der Waals surface area contributed by atoms with E-state index in [-0.39, 0.29) is 5.91 Å². The van der Waals surface area contributed by atoms with Crippen LogP contribution in [-0.4, -0.2) is 37.0 Å². The zero-order valence-electron chi connectivity index (χ0n) is 12.4. The first-order valence-corrected chi connectivity index (χ1v) is 7.42. The maximum absolute atomic E-state index is 12.0. The Bertz CT molecular complexity index is 431. The van der Waals surface area contributed by atoms with Gasteiger partial charge in [0.05, 0.1) is 13.2 Å². The lowest BCUT2D eigenvalue weighted by atomic mass is 10.0. The Kier molecular flexibility index (Phi) is 5.41. The molecule has 0 unspecified atom stereocenters. The Morgan fingerprint density at radius 1 is 1.40 bits per heavy atom. The second-order valence-corrected chi connectivity index (χ2v) is 5.49. The predicted octanol–water partition coefficient (Wildman–Crippen LogP) is 2.76. The first kappa shape index (κ1) is 14.9. The normalized spacial score (nSPS) is 19.6. The number of amides is 1. The molecule has 0 saturated carbocycles. The van der Waals surface area contributed by atoms with Crippen LogP contribution >= 0.6 is 0 Å². The number of hydrogen-bond donors (Lipinski definition) is 1. The van der Waals surface area contributed by atoms with E-state index in [1.54, 1.807) is 0 Å². The lowest BCUT2D eigenvalue weighted by Crippen LogP contribution is -2.39. The number of carbonyl (C=O) groups is 1. The molecule has 0 aliphatic carbocycles. The average Bonchev–Trinajstić information content (AvgIpc) is 2.41. The van der Waals surface area contributed by atoms with Crippen LogP contribution in [0.15, 0.2) is 24.3 Å². The van der Waals surface area contributed by atoms with Gasteiger partial charge in [0.2, 0.25) is 5.91 Å². The molecule has 110 valence electrons. The van der Waals surface area contributed by atoms with E-state index in [4.69, 9.17) is 4.74 Å². The molecule has 0 spiro atoms. The highest BCUT2D eigenvalue weighted by Crippen LogP contribution is 2.17. The standard InChI is InChI=1S/C16H24N2O2/c1-3-20-15-8-6-14(7-9-15)17-16(19)12-18-10-4-5-13(2)11-18/h6-9,13H,3-5,10-12H2,1-2H3,(H,17,19)/t13-/m1/s1. The first-order chi connectivity index (χ1) is 9.67.